The quantitative estimate of drug-likeness (QED) is 0.605. The number of anilines is 2. The summed E-state index contributed by atoms with van der Waals surface area (Å²) in [5.74, 6) is 2.31. The van der Waals surface area contributed by atoms with E-state index in [1.54, 1.807) is 31.8 Å². The molecule has 0 bridgehead atoms. The Bertz CT molecular complexity index is 926. The van der Waals surface area contributed by atoms with Crippen molar-refractivity contribution in [1.29, 1.82) is 0 Å². The molecule has 1 N–H and O–H groups in total. The Morgan fingerprint density at radius 1 is 1.15 bits per heavy atom. The molecule has 142 valence electrons. The monoisotopic (exact) mass is 384 g/mol. The van der Waals surface area contributed by atoms with Crippen LogP contribution in [0.3, 0.4) is 0 Å². The highest BCUT2D eigenvalue weighted by Crippen LogP contribution is 2.35. The van der Waals surface area contributed by atoms with E-state index >= 15 is 0 Å². The maximum absolute atomic E-state index is 5.42. The molecule has 27 heavy (non-hydrogen) atoms. The molecule has 0 spiro atoms. The summed E-state index contributed by atoms with van der Waals surface area (Å²) in [6, 6.07) is 7.47. The zero-order valence-electron chi connectivity index (χ0n) is 16.2. The van der Waals surface area contributed by atoms with E-state index in [4.69, 9.17) is 19.4 Å². The molecule has 0 amide bonds. The second-order valence-corrected chi connectivity index (χ2v) is 7.42. The van der Waals surface area contributed by atoms with Crippen molar-refractivity contribution in [3.63, 3.8) is 0 Å². The maximum atomic E-state index is 5.42. The van der Waals surface area contributed by atoms with Gasteiger partial charge in [0.1, 0.15) is 11.5 Å². The number of nitrogens with one attached hydrogen (secondary N) is 1. The molecule has 0 radical (unpaired) electrons. The molecule has 0 saturated heterocycles. The summed E-state index contributed by atoms with van der Waals surface area (Å²) >= 11 is 1.67. The van der Waals surface area contributed by atoms with Crippen LogP contribution >= 0.6 is 11.3 Å². The molecule has 1 unspecified atom stereocenters. The largest absolute Gasteiger partial charge is 0.497 e. The molecule has 1 aromatic carbocycles. The van der Waals surface area contributed by atoms with Gasteiger partial charge in [0.15, 0.2) is 0 Å². The zero-order chi connectivity index (χ0) is 19.4. The summed E-state index contributed by atoms with van der Waals surface area (Å²) in [4.78, 5) is 14.9. The molecule has 0 fully saturated rings. The molecule has 6 nitrogen and oxygen atoms in total. The van der Waals surface area contributed by atoms with Gasteiger partial charge < -0.3 is 14.8 Å². The summed E-state index contributed by atoms with van der Waals surface area (Å²) in [7, 11) is 3.26. The van der Waals surface area contributed by atoms with Gasteiger partial charge in [0.25, 0.3) is 0 Å². The SMILES string of the molecule is CCC(C)c1nc(C)sc1-c1ccnc(Nc2cc(OC)ccc2OC)n1. The summed E-state index contributed by atoms with van der Waals surface area (Å²) in [6.45, 7) is 6.39. The molecule has 7 heteroatoms. The molecule has 2 heterocycles. The molecule has 0 aliphatic heterocycles. The summed E-state index contributed by atoms with van der Waals surface area (Å²) < 4.78 is 10.7. The standard InChI is InChI=1S/C20H24N4O2S/c1-6-12(2)18-19(27-13(3)22-18)15-9-10-21-20(23-15)24-16-11-14(25-4)7-8-17(16)26-5/h7-12H,6H2,1-5H3,(H,21,23,24). The number of aryl methyl sites for hydroxylation is 1. The summed E-state index contributed by atoms with van der Waals surface area (Å²) in [5.41, 5.74) is 2.72. The minimum atomic E-state index is 0.384. The van der Waals surface area contributed by atoms with E-state index in [0.717, 1.165) is 39.1 Å². The number of rotatable bonds is 7. The van der Waals surface area contributed by atoms with Gasteiger partial charge in [0.2, 0.25) is 5.95 Å². The van der Waals surface area contributed by atoms with Crippen molar-refractivity contribution in [2.75, 3.05) is 19.5 Å². The van der Waals surface area contributed by atoms with Gasteiger partial charge >= 0.3 is 0 Å². The predicted molar refractivity (Wildman–Crippen MR) is 109 cm³/mol. The van der Waals surface area contributed by atoms with Crippen LogP contribution in [0.4, 0.5) is 11.6 Å². The average Bonchev–Trinajstić information content (AvgIpc) is 3.09. The first-order valence-corrected chi connectivity index (χ1v) is 9.67. The van der Waals surface area contributed by atoms with Crippen LogP contribution < -0.4 is 14.8 Å². The maximum Gasteiger partial charge on any atom is 0.227 e. The summed E-state index contributed by atoms with van der Waals surface area (Å²) in [6.07, 6.45) is 2.79. The lowest BCUT2D eigenvalue weighted by Gasteiger charge is -2.12. The number of thiazole rings is 1. The molecule has 1 atom stereocenters. The fourth-order valence-corrected chi connectivity index (χ4v) is 3.74. The van der Waals surface area contributed by atoms with Gasteiger partial charge in [-0.05, 0) is 37.5 Å². The third-order valence-corrected chi connectivity index (χ3v) is 5.39. The van der Waals surface area contributed by atoms with E-state index in [1.165, 1.54) is 0 Å². The van der Waals surface area contributed by atoms with Crippen LogP contribution in [0.25, 0.3) is 10.6 Å². The number of aromatic nitrogens is 3. The van der Waals surface area contributed by atoms with Gasteiger partial charge in [-0.15, -0.1) is 11.3 Å². The molecule has 0 aliphatic rings. The molecule has 0 aliphatic carbocycles. The molecular weight excluding hydrogens is 360 g/mol. The topological polar surface area (TPSA) is 69.2 Å². The highest BCUT2D eigenvalue weighted by Gasteiger charge is 2.18. The lowest BCUT2D eigenvalue weighted by Crippen LogP contribution is -2.01. The second kappa shape index (κ2) is 8.35. The number of hydrogen-bond donors (Lipinski definition) is 1. The Labute approximate surface area is 163 Å². The van der Waals surface area contributed by atoms with Crippen LogP contribution in [0, 0.1) is 6.92 Å². The van der Waals surface area contributed by atoms with Crippen molar-refractivity contribution in [3.05, 3.63) is 41.2 Å². The highest BCUT2D eigenvalue weighted by atomic mass is 32.1. The van der Waals surface area contributed by atoms with E-state index < -0.39 is 0 Å². The Morgan fingerprint density at radius 2 is 1.96 bits per heavy atom. The van der Waals surface area contributed by atoms with E-state index in [0.29, 0.717) is 17.6 Å². The van der Waals surface area contributed by atoms with E-state index in [2.05, 4.69) is 24.1 Å². The predicted octanol–water partition coefficient (Wildman–Crippen LogP) is 5.18. The minimum absolute atomic E-state index is 0.384. The van der Waals surface area contributed by atoms with Crippen LogP contribution in [0.5, 0.6) is 11.5 Å². The Balaban J connectivity index is 1.96. The molecule has 2 aromatic heterocycles. The lowest BCUT2D eigenvalue weighted by atomic mass is 10.0. The molecular formula is C20H24N4O2S. The zero-order valence-corrected chi connectivity index (χ0v) is 17.1. The van der Waals surface area contributed by atoms with Gasteiger partial charge in [0.05, 0.1) is 41.2 Å². The van der Waals surface area contributed by atoms with Crippen molar-refractivity contribution < 1.29 is 9.47 Å². The normalized spacial score (nSPS) is 11.9. The van der Waals surface area contributed by atoms with Gasteiger partial charge in [-0.25, -0.2) is 15.0 Å². The highest BCUT2D eigenvalue weighted by molar-refractivity contribution is 7.15. The number of hydrogen-bond acceptors (Lipinski definition) is 7. The fraction of sp³-hybridized carbons (Fsp3) is 0.350. The van der Waals surface area contributed by atoms with Crippen molar-refractivity contribution in [1.82, 2.24) is 15.0 Å². The lowest BCUT2D eigenvalue weighted by molar-refractivity contribution is 0.405. The molecule has 3 aromatic rings. The van der Waals surface area contributed by atoms with Gasteiger partial charge in [0, 0.05) is 12.3 Å². The van der Waals surface area contributed by atoms with Crippen LogP contribution in [-0.4, -0.2) is 29.2 Å². The van der Waals surface area contributed by atoms with E-state index in [9.17, 15) is 0 Å². The van der Waals surface area contributed by atoms with Gasteiger partial charge in [-0.3, -0.25) is 0 Å². The van der Waals surface area contributed by atoms with Crippen LogP contribution in [0.1, 0.15) is 36.9 Å². The molecule has 3 rings (SSSR count). The van der Waals surface area contributed by atoms with Crippen molar-refractivity contribution in [2.45, 2.75) is 33.1 Å². The first-order chi connectivity index (χ1) is 13.0. The Hall–Kier alpha value is -2.67. The van der Waals surface area contributed by atoms with Crippen LogP contribution in [-0.2, 0) is 0 Å². The minimum Gasteiger partial charge on any atom is -0.497 e. The van der Waals surface area contributed by atoms with E-state index in [1.807, 2.05) is 31.2 Å². The number of ether oxygens (including phenoxy) is 2. The van der Waals surface area contributed by atoms with Gasteiger partial charge in [-0.2, -0.15) is 0 Å². The fourth-order valence-electron chi connectivity index (χ4n) is 2.73. The second-order valence-electron chi connectivity index (χ2n) is 6.21. The smallest absolute Gasteiger partial charge is 0.227 e. The van der Waals surface area contributed by atoms with Crippen molar-refractivity contribution in [3.8, 4) is 22.1 Å². The first-order valence-electron chi connectivity index (χ1n) is 8.85. The summed E-state index contributed by atoms with van der Waals surface area (Å²) in [5, 5.41) is 4.28. The Kier molecular flexibility index (Phi) is 5.91. The number of nitrogens with zero attached hydrogens (tertiary/aromatic N) is 3. The van der Waals surface area contributed by atoms with Crippen molar-refractivity contribution in [2.24, 2.45) is 0 Å². The van der Waals surface area contributed by atoms with Gasteiger partial charge in [-0.1, -0.05) is 13.8 Å². The van der Waals surface area contributed by atoms with Crippen LogP contribution in [0.15, 0.2) is 30.5 Å². The third-order valence-electron chi connectivity index (χ3n) is 4.38. The van der Waals surface area contributed by atoms with E-state index in [-0.39, 0.29) is 0 Å². The van der Waals surface area contributed by atoms with Crippen molar-refractivity contribution >= 4 is 23.0 Å². The average molecular weight is 385 g/mol. The first kappa shape index (κ1) is 19.1. The third kappa shape index (κ3) is 4.19. The Morgan fingerprint density at radius 3 is 2.67 bits per heavy atom. The number of methoxy groups -OCH3 is 2. The number of benzene rings is 1. The molecule has 0 saturated carbocycles. The van der Waals surface area contributed by atoms with Crippen LogP contribution in [0.2, 0.25) is 0 Å².